The number of nitrogens with two attached hydrogens (primary N) is 1. The molecule has 2 aliphatic carbocycles. The highest BCUT2D eigenvalue weighted by Crippen LogP contribution is 2.47. The zero-order chi connectivity index (χ0) is 14.1. The molecule has 20 heavy (non-hydrogen) atoms. The maximum absolute atomic E-state index is 12.5. The zero-order valence-corrected chi connectivity index (χ0v) is 12.2. The van der Waals surface area contributed by atoms with Crippen molar-refractivity contribution in [3.05, 3.63) is 35.9 Å². The molecule has 2 saturated carbocycles. The molecule has 0 bridgehead atoms. The Bertz CT molecular complexity index is 453. The standard InChI is InChI=1S/C17H24N2O/c1-19(17(13-7-8-13)14-9-10-14)16(20)11-15(18)12-5-3-2-4-6-12/h2-6,13-15,17H,7-11,18H2,1H3. The van der Waals surface area contributed by atoms with Crippen molar-refractivity contribution in [1.82, 2.24) is 4.90 Å². The van der Waals surface area contributed by atoms with Gasteiger partial charge in [-0.15, -0.1) is 0 Å². The van der Waals surface area contributed by atoms with E-state index in [9.17, 15) is 4.79 Å². The molecule has 0 radical (unpaired) electrons. The van der Waals surface area contributed by atoms with Crippen LogP contribution in [0.5, 0.6) is 0 Å². The number of amides is 1. The van der Waals surface area contributed by atoms with Gasteiger partial charge < -0.3 is 10.6 Å². The van der Waals surface area contributed by atoms with Gasteiger partial charge in [0, 0.05) is 25.6 Å². The number of hydrogen-bond acceptors (Lipinski definition) is 2. The second-order valence-corrected chi connectivity index (χ2v) is 6.39. The van der Waals surface area contributed by atoms with Gasteiger partial charge in [-0.1, -0.05) is 30.3 Å². The number of nitrogens with zero attached hydrogens (tertiary/aromatic N) is 1. The van der Waals surface area contributed by atoms with E-state index in [1.165, 1.54) is 25.7 Å². The first-order valence-corrected chi connectivity index (χ1v) is 7.73. The summed E-state index contributed by atoms with van der Waals surface area (Å²) < 4.78 is 0. The third-order valence-corrected chi connectivity index (χ3v) is 4.67. The average Bonchev–Trinajstić information content (AvgIpc) is 3.34. The molecule has 108 valence electrons. The molecule has 0 aliphatic heterocycles. The molecule has 0 aromatic heterocycles. The molecule has 0 saturated heterocycles. The van der Waals surface area contributed by atoms with Gasteiger partial charge in [-0.05, 0) is 43.1 Å². The molecule has 1 amide bonds. The quantitative estimate of drug-likeness (QED) is 0.865. The molecular weight excluding hydrogens is 248 g/mol. The lowest BCUT2D eigenvalue weighted by atomic mass is 10.0. The molecule has 2 aliphatic rings. The summed E-state index contributed by atoms with van der Waals surface area (Å²) >= 11 is 0. The molecule has 3 heteroatoms. The Morgan fingerprint density at radius 1 is 1.20 bits per heavy atom. The van der Waals surface area contributed by atoms with Crippen LogP contribution in [0.15, 0.2) is 30.3 Å². The Morgan fingerprint density at radius 2 is 1.75 bits per heavy atom. The lowest BCUT2D eigenvalue weighted by molar-refractivity contribution is -0.133. The van der Waals surface area contributed by atoms with Gasteiger partial charge in [0.25, 0.3) is 0 Å². The van der Waals surface area contributed by atoms with Crippen molar-refractivity contribution in [1.29, 1.82) is 0 Å². The molecule has 3 nitrogen and oxygen atoms in total. The summed E-state index contributed by atoms with van der Waals surface area (Å²) in [4.78, 5) is 14.5. The fourth-order valence-electron chi connectivity index (χ4n) is 3.21. The first kappa shape index (κ1) is 13.6. The normalized spacial score (nSPS) is 19.9. The van der Waals surface area contributed by atoms with Gasteiger partial charge >= 0.3 is 0 Å². The minimum Gasteiger partial charge on any atom is -0.342 e. The van der Waals surface area contributed by atoms with Crippen LogP contribution in [0.25, 0.3) is 0 Å². The zero-order valence-electron chi connectivity index (χ0n) is 12.2. The molecule has 1 unspecified atom stereocenters. The van der Waals surface area contributed by atoms with E-state index in [0.29, 0.717) is 12.5 Å². The van der Waals surface area contributed by atoms with E-state index in [0.717, 1.165) is 17.4 Å². The number of benzene rings is 1. The van der Waals surface area contributed by atoms with Gasteiger partial charge in [-0.25, -0.2) is 0 Å². The molecule has 1 aromatic carbocycles. The van der Waals surface area contributed by atoms with Crippen LogP contribution in [-0.4, -0.2) is 23.9 Å². The van der Waals surface area contributed by atoms with Crippen molar-refractivity contribution >= 4 is 5.91 Å². The van der Waals surface area contributed by atoms with Crippen molar-refractivity contribution in [3.8, 4) is 0 Å². The Labute approximate surface area is 121 Å². The molecule has 3 rings (SSSR count). The Morgan fingerprint density at radius 3 is 2.25 bits per heavy atom. The largest absolute Gasteiger partial charge is 0.342 e. The number of rotatable bonds is 6. The number of hydrogen-bond donors (Lipinski definition) is 1. The highest BCUT2D eigenvalue weighted by molar-refractivity contribution is 5.77. The first-order valence-electron chi connectivity index (χ1n) is 7.73. The van der Waals surface area contributed by atoms with E-state index in [4.69, 9.17) is 5.73 Å². The summed E-state index contributed by atoms with van der Waals surface area (Å²) in [6.45, 7) is 0. The van der Waals surface area contributed by atoms with Crippen LogP contribution in [0.4, 0.5) is 0 Å². The summed E-state index contributed by atoms with van der Waals surface area (Å²) in [7, 11) is 1.97. The molecular formula is C17H24N2O. The van der Waals surface area contributed by atoms with Crippen molar-refractivity contribution in [2.45, 2.75) is 44.2 Å². The minimum atomic E-state index is -0.190. The van der Waals surface area contributed by atoms with Crippen LogP contribution in [-0.2, 0) is 4.79 Å². The summed E-state index contributed by atoms with van der Waals surface area (Å²) in [5, 5.41) is 0. The highest BCUT2D eigenvalue weighted by Gasteiger charge is 2.44. The predicted octanol–water partition coefficient (Wildman–Crippen LogP) is 2.72. The van der Waals surface area contributed by atoms with Gasteiger partial charge in [-0.3, -0.25) is 4.79 Å². The van der Waals surface area contributed by atoms with E-state index in [2.05, 4.69) is 0 Å². The lowest BCUT2D eigenvalue weighted by Crippen LogP contribution is -2.41. The number of carbonyl (C=O) groups is 1. The van der Waals surface area contributed by atoms with Gasteiger partial charge in [0.15, 0.2) is 0 Å². The van der Waals surface area contributed by atoms with E-state index in [-0.39, 0.29) is 11.9 Å². The van der Waals surface area contributed by atoms with Gasteiger partial charge in [0.1, 0.15) is 0 Å². The highest BCUT2D eigenvalue weighted by atomic mass is 16.2. The van der Waals surface area contributed by atoms with Crippen LogP contribution in [0.1, 0.15) is 43.7 Å². The Kier molecular flexibility index (Phi) is 3.79. The summed E-state index contributed by atoms with van der Waals surface area (Å²) in [6.07, 6.45) is 5.59. The van der Waals surface area contributed by atoms with E-state index in [1.807, 2.05) is 42.3 Å². The fraction of sp³-hybridized carbons (Fsp3) is 0.588. The Balaban J connectivity index is 1.60. The summed E-state index contributed by atoms with van der Waals surface area (Å²) in [5.41, 5.74) is 7.21. The third-order valence-electron chi connectivity index (χ3n) is 4.67. The van der Waals surface area contributed by atoms with E-state index < -0.39 is 0 Å². The maximum Gasteiger partial charge on any atom is 0.224 e. The molecule has 0 spiro atoms. The monoisotopic (exact) mass is 272 g/mol. The van der Waals surface area contributed by atoms with Crippen LogP contribution >= 0.6 is 0 Å². The number of carbonyl (C=O) groups excluding carboxylic acids is 1. The third kappa shape index (κ3) is 3.04. The Hall–Kier alpha value is -1.35. The smallest absolute Gasteiger partial charge is 0.224 e. The van der Waals surface area contributed by atoms with Crippen molar-refractivity contribution in [2.75, 3.05) is 7.05 Å². The fourth-order valence-corrected chi connectivity index (χ4v) is 3.21. The van der Waals surface area contributed by atoms with Crippen LogP contribution in [0, 0.1) is 11.8 Å². The molecule has 2 fully saturated rings. The van der Waals surface area contributed by atoms with Crippen LogP contribution in [0.3, 0.4) is 0 Å². The van der Waals surface area contributed by atoms with Crippen LogP contribution in [0.2, 0.25) is 0 Å². The topological polar surface area (TPSA) is 46.3 Å². The van der Waals surface area contributed by atoms with Crippen molar-refractivity contribution in [3.63, 3.8) is 0 Å². The molecule has 0 heterocycles. The minimum absolute atomic E-state index is 0.190. The summed E-state index contributed by atoms with van der Waals surface area (Å²) in [6, 6.07) is 10.2. The predicted molar refractivity (Wildman–Crippen MR) is 80.0 cm³/mol. The second-order valence-electron chi connectivity index (χ2n) is 6.39. The lowest BCUT2D eigenvalue weighted by Gasteiger charge is -2.29. The van der Waals surface area contributed by atoms with Crippen LogP contribution < -0.4 is 5.73 Å². The van der Waals surface area contributed by atoms with Crippen molar-refractivity contribution in [2.24, 2.45) is 17.6 Å². The second kappa shape index (κ2) is 5.57. The molecule has 1 aromatic rings. The van der Waals surface area contributed by atoms with E-state index in [1.54, 1.807) is 0 Å². The average molecular weight is 272 g/mol. The maximum atomic E-state index is 12.5. The summed E-state index contributed by atoms with van der Waals surface area (Å²) in [5.74, 6) is 1.71. The van der Waals surface area contributed by atoms with E-state index >= 15 is 0 Å². The molecule has 2 N–H and O–H groups in total. The SMILES string of the molecule is CN(C(=O)CC(N)c1ccccc1)C(C1CC1)C1CC1. The van der Waals surface area contributed by atoms with Gasteiger partial charge in [0.2, 0.25) is 5.91 Å². The van der Waals surface area contributed by atoms with Gasteiger partial charge in [-0.2, -0.15) is 0 Å². The van der Waals surface area contributed by atoms with Gasteiger partial charge in [0.05, 0.1) is 0 Å². The molecule has 1 atom stereocenters. The van der Waals surface area contributed by atoms with Crippen molar-refractivity contribution < 1.29 is 4.79 Å². The first-order chi connectivity index (χ1) is 9.66.